The second-order valence-electron chi connectivity index (χ2n) is 13.1. The van der Waals surface area contributed by atoms with Gasteiger partial charge in [0.05, 0.1) is 0 Å². The monoisotopic (exact) mass is 685 g/mol. The van der Waals surface area contributed by atoms with Crippen LogP contribution in [0.4, 0.5) is 0 Å². The molecule has 0 spiro atoms. The zero-order valence-electron chi connectivity index (χ0n) is 27.2. The van der Waals surface area contributed by atoms with E-state index < -0.39 is 5.41 Å². The number of aromatic nitrogens is 3. The molecule has 3 nitrogen and oxygen atoms in total. The third-order valence-corrected chi connectivity index (χ3v) is 12.7. The molecule has 0 atom stereocenters. The van der Waals surface area contributed by atoms with Crippen LogP contribution in [0.5, 0.6) is 0 Å². The van der Waals surface area contributed by atoms with Crippen molar-refractivity contribution in [3.05, 3.63) is 186 Å². The first-order chi connectivity index (χ1) is 25.3. The minimum absolute atomic E-state index is 0.663. The summed E-state index contributed by atoms with van der Waals surface area (Å²) in [6, 6.07) is 58.7. The van der Waals surface area contributed by atoms with Crippen molar-refractivity contribution in [1.29, 1.82) is 0 Å². The van der Waals surface area contributed by atoms with Gasteiger partial charge in [0.15, 0.2) is 17.5 Å². The van der Waals surface area contributed by atoms with Crippen LogP contribution in [0.15, 0.2) is 164 Å². The van der Waals surface area contributed by atoms with E-state index in [0.29, 0.717) is 11.6 Å². The molecular formula is C46H27N3S2. The molecule has 0 bridgehead atoms. The lowest BCUT2D eigenvalue weighted by atomic mass is 9.70. The van der Waals surface area contributed by atoms with Crippen LogP contribution in [0.25, 0.3) is 74.2 Å². The van der Waals surface area contributed by atoms with Crippen molar-refractivity contribution in [2.75, 3.05) is 0 Å². The third kappa shape index (κ3) is 4.07. The van der Waals surface area contributed by atoms with Gasteiger partial charge in [-0.25, -0.2) is 15.0 Å². The summed E-state index contributed by atoms with van der Waals surface area (Å²) in [7, 11) is 0. The van der Waals surface area contributed by atoms with E-state index in [0.717, 1.165) is 17.0 Å². The van der Waals surface area contributed by atoms with Crippen molar-refractivity contribution in [3.63, 3.8) is 0 Å². The molecule has 0 amide bonds. The Labute approximate surface area is 302 Å². The van der Waals surface area contributed by atoms with E-state index in [1.54, 1.807) is 0 Å². The fourth-order valence-corrected chi connectivity index (χ4v) is 10.6. The first-order valence-corrected chi connectivity index (χ1v) is 18.7. The van der Waals surface area contributed by atoms with Crippen LogP contribution in [-0.2, 0) is 5.41 Å². The summed E-state index contributed by atoms with van der Waals surface area (Å²) < 4.78 is 5.00. The Kier molecular flexibility index (Phi) is 6.21. The highest BCUT2D eigenvalue weighted by molar-refractivity contribution is 7.26. The van der Waals surface area contributed by atoms with Gasteiger partial charge >= 0.3 is 0 Å². The molecule has 0 saturated heterocycles. The summed E-state index contributed by atoms with van der Waals surface area (Å²) in [4.78, 5) is 16.5. The number of benzene rings is 7. The normalized spacial score (nSPS) is 13.3. The maximum Gasteiger partial charge on any atom is 0.164 e. The largest absolute Gasteiger partial charge is 0.211 e. The van der Waals surface area contributed by atoms with Crippen LogP contribution in [-0.4, -0.2) is 15.0 Å². The fourth-order valence-electron chi connectivity index (χ4n) is 8.32. The SMILES string of the molecule is c1ccc(-c2nc(-c3cccc4sc5ccccc5c34)nc(C3(c4cccc5sc6ccccc6c45)c4ccccc4-c4ccccc43)n2)cc1. The summed E-state index contributed by atoms with van der Waals surface area (Å²) in [6.07, 6.45) is 0. The number of thiophene rings is 2. The van der Waals surface area contributed by atoms with E-state index in [1.165, 1.54) is 68.2 Å². The number of hydrogen-bond donors (Lipinski definition) is 0. The molecule has 3 heterocycles. The van der Waals surface area contributed by atoms with Crippen LogP contribution >= 0.6 is 22.7 Å². The lowest BCUT2D eigenvalue weighted by Gasteiger charge is -2.32. The standard InChI is InChI=1S/C46H27N3S2/c1-2-14-28(15-3-1)43-47-44(33-20-12-26-39-41(33)31-18-6-10-24-37(31)50-39)49-45(48-43)46(34-21-8-4-16-29(34)30-17-5-9-22-35(30)46)36-23-13-27-40-42(36)32-19-7-11-25-38(32)51-40/h1-27H. The molecule has 1 aliphatic rings. The summed E-state index contributed by atoms with van der Waals surface area (Å²) in [6.45, 7) is 0. The molecule has 11 rings (SSSR count). The molecule has 10 aromatic rings. The van der Waals surface area contributed by atoms with Gasteiger partial charge in [0.2, 0.25) is 0 Å². The minimum atomic E-state index is -0.817. The lowest BCUT2D eigenvalue weighted by molar-refractivity contribution is 0.698. The molecule has 0 N–H and O–H groups in total. The Hall–Kier alpha value is -6.01. The molecule has 0 unspecified atom stereocenters. The molecule has 238 valence electrons. The van der Waals surface area contributed by atoms with Gasteiger partial charge in [0.25, 0.3) is 0 Å². The number of fused-ring (bicyclic) bond motifs is 9. The fraction of sp³-hybridized carbons (Fsp3) is 0.0217. The Morgan fingerprint density at radius 3 is 1.55 bits per heavy atom. The quantitative estimate of drug-likeness (QED) is 0.185. The zero-order valence-corrected chi connectivity index (χ0v) is 28.9. The highest BCUT2D eigenvalue weighted by Gasteiger charge is 2.50. The highest BCUT2D eigenvalue weighted by atomic mass is 32.1. The van der Waals surface area contributed by atoms with Crippen molar-refractivity contribution in [3.8, 4) is 33.9 Å². The molecule has 0 aliphatic heterocycles. The zero-order chi connectivity index (χ0) is 33.5. The first kappa shape index (κ1) is 28.8. The molecule has 0 radical (unpaired) electrons. The average molecular weight is 686 g/mol. The van der Waals surface area contributed by atoms with Gasteiger partial charge < -0.3 is 0 Å². The lowest BCUT2D eigenvalue weighted by Crippen LogP contribution is -2.32. The number of hydrogen-bond acceptors (Lipinski definition) is 5. The van der Waals surface area contributed by atoms with Gasteiger partial charge in [0.1, 0.15) is 5.41 Å². The van der Waals surface area contributed by atoms with Crippen molar-refractivity contribution in [1.82, 2.24) is 15.0 Å². The van der Waals surface area contributed by atoms with Crippen LogP contribution in [0.1, 0.15) is 22.5 Å². The minimum Gasteiger partial charge on any atom is -0.211 e. The molecular weight excluding hydrogens is 659 g/mol. The van der Waals surface area contributed by atoms with Crippen LogP contribution in [0.2, 0.25) is 0 Å². The average Bonchev–Trinajstić information content (AvgIpc) is 3.87. The van der Waals surface area contributed by atoms with E-state index in [-0.39, 0.29) is 0 Å². The summed E-state index contributed by atoms with van der Waals surface area (Å²) in [5.74, 6) is 2.07. The van der Waals surface area contributed by atoms with E-state index >= 15 is 0 Å². The Bertz CT molecular complexity index is 2950. The van der Waals surface area contributed by atoms with Gasteiger partial charge in [-0.15, -0.1) is 22.7 Å². The van der Waals surface area contributed by atoms with E-state index in [2.05, 4.69) is 158 Å². The van der Waals surface area contributed by atoms with E-state index in [1.807, 2.05) is 28.7 Å². The van der Waals surface area contributed by atoms with Crippen LogP contribution in [0.3, 0.4) is 0 Å². The maximum atomic E-state index is 5.65. The molecule has 0 fully saturated rings. The summed E-state index contributed by atoms with van der Waals surface area (Å²) in [5, 5.41) is 4.90. The smallest absolute Gasteiger partial charge is 0.164 e. The maximum absolute atomic E-state index is 5.65. The molecule has 51 heavy (non-hydrogen) atoms. The van der Waals surface area contributed by atoms with E-state index in [4.69, 9.17) is 15.0 Å². The van der Waals surface area contributed by atoms with Crippen molar-refractivity contribution in [2.24, 2.45) is 0 Å². The number of rotatable bonds is 4. The second kappa shape index (κ2) is 11.0. The number of nitrogens with zero attached hydrogens (tertiary/aromatic N) is 3. The Morgan fingerprint density at radius 1 is 0.353 bits per heavy atom. The predicted molar refractivity (Wildman–Crippen MR) is 214 cm³/mol. The Balaban J connectivity index is 1.33. The van der Waals surface area contributed by atoms with Crippen LogP contribution in [0, 0.1) is 0 Å². The van der Waals surface area contributed by atoms with Crippen molar-refractivity contribution < 1.29 is 0 Å². The van der Waals surface area contributed by atoms with Crippen LogP contribution < -0.4 is 0 Å². The third-order valence-electron chi connectivity index (χ3n) is 10.4. The summed E-state index contributed by atoms with van der Waals surface area (Å²) >= 11 is 3.65. The van der Waals surface area contributed by atoms with Gasteiger partial charge in [-0.2, -0.15) is 0 Å². The van der Waals surface area contributed by atoms with Crippen molar-refractivity contribution >= 4 is 63.0 Å². The van der Waals surface area contributed by atoms with Gasteiger partial charge in [0, 0.05) is 51.5 Å². The highest BCUT2D eigenvalue weighted by Crippen LogP contribution is 2.57. The molecule has 3 aromatic heterocycles. The van der Waals surface area contributed by atoms with Crippen molar-refractivity contribution in [2.45, 2.75) is 5.41 Å². The first-order valence-electron chi connectivity index (χ1n) is 17.1. The molecule has 7 aromatic carbocycles. The van der Waals surface area contributed by atoms with Gasteiger partial charge in [-0.05, 0) is 52.1 Å². The predicted octanol–water partition coefficient (Wildman–Crippen LogP) is 12.3. The van der Waals surface area contributed by atoms with E-state index in [9.17, 15) is 0 Å². The second-order valence-corrected chi connectivity index (χ2v) is 15.2. The molecule has 1 aliphatic carbocycles. The van der Waals surface area contributed by atoms with Gasteiger partial charge in [-0.3, -0.25) is 0 Å². The molecule has 0 saturated carbocycles. The topological polar surface area (TPSA) is 38.7 Å². The summed E-state index contributed by atoms with van der Waals surface area (Å²) in [5.41, 5.74) is 7.12. The Morgan fingerprint density at radius 2 is 0.843 bits per heavy atom. The molecule has 5 heteroatoms. The van der Waals surface area contributed by atoms with Gasteiger partial charge in [-0.1, -0.05) is 140 Å².